The predicted molar refractivity (Wildman–Crippen MR) is 32.6 cm³/mol. The average molecular weight is 121 g/mol. The Bertz CT molecular complexity index is 66.1. The molecule has 1 N–H and O–H groups in total. The molecule has 0 radical (unpaired) electrons. The minimum absolute atomic E-state index is 0.543. The molecule has 0 atom stereocenters. The van der Waals surface area contributed by atoms with Gasteiger partial charge in [-0.05, 0) is 13.8 Å². The first-order valence-corrected chi connectivity index (χ1v) is 2.57. The van der Waals surface area contributed by atoms with Crippen molar-refractivity contribution in [3.05, 3.63) is 0 Å². The zero-order chi connectivity index (χ0) is 5.70. The summed E-state index contributed by atoms with van der Waals surface area (Å²) in [6.45, 7) is 4.51. The smallest absolute Gasteiger partial charge is 0.123 e. The molecule has 42 valence electrons. The third-order valence-electron chi connectivity index (χ3n) is 0.391. The molecule has 0 aliphatic rings. The number of nitrogens with one attached hydrogen (secondary N) is 1. The van der Waals surface area contributed by atoms with Crippen molar-refractivity contribution in [2.24, 2.45) is 5.10 Å². The van der Waals surface area contributed by atoms with Gasteiger partial charge in [-0.1, -0.05) is 11.6 Å². The van der Waals surface area contributed by atoms with Crippen molar-refractivity contribution in [3.63, 3.8) is 0 Å². The molecular weight excluding hydrogens is 112 g/mol. The third kappa shape index (κ3) is 5.76. The number of hydrogen-bond acceptors (Lipinski definition) is 2. The molecule has 0 amide bonds. The molecule has 0 unspecified atom stereocenters. The van der Waals surface area contributed by atoms with Crippen LogP contribution < -0.4 is 5.43 Å². The second kappa shape index (κ2) is 3.93. The molecule has 0 aromatic rings. The lowest BCUT2D eigenvalue weighted by molar-refractivity contribution is 0.785. The van der Waals surface area contributed by atoms with Crippen LogP contribution in [-0.4, -0.2) is 11.7 Å². The molecule has 0 spiro atoms. The summed E-state index contributed by atoms with van der Waals surface area (Å²) in [6.07, 6.45) is 0. The van der Waals surface area contributed by atoms with Crippen LogP contribution in [-0.2, 0) is 0 Å². The van der Waals surface area contributed by atoms with Gasteiger partial charge in [0.2, 0.25) is 0 Å². The fourth-order valence-electron chi connectivity index (χ4n) is 0.188. The highest BCUT2D eigenvalue weighted by Gasteiger charge is 1.74. The highest BCUT2D eigenvalue weighted by molar-refractivity contribution is 6.64. The van der Waals surface area contributed by atoms with Crippen LogP contribution in [0.5, 0.6) is 0 Å². The van der Waals surface area contributed by atoms with Gasteiger partial charge in [0, 0.05) is 6.54 Å². The molecule has 0 aromatic heterocycles. The first-order valence-electron chi connectivity index (χ1n) is 2.20. The summed E-state index contributed by atoms with van der Waals surface area (Å²) in [5.41, 5.74) is 2.70. The Morgan fingerprint density at radius 2 is 2.43 bits per heavy atom. The SMILES string of the molecule is CCN/N=C(\C)Cl. The van der Waals surface area contributed by atoms with E-state index in [2.05, 4.69) is 10.5 Å². The molecule has 0 bridgehead atoms. The maximum Gasteiger partial charge on any atom is 0.123 e. The Hall–Kier alpha value is -0.240. The van der Waals surface area contributed by atoms with Crippen LogP contribution in [0.4, 0.5) is 0 Å². The fourth-order valence-corrected chi connectivity index (χ4v) is 0.248. The second-order valence-electron chi connectivity index (χ2n) is 1.12. The summed E-state index contributed by atoms with van der Waals surface area (Å²) in [4.78, 5) is 0. The molecule has 0 rings (SSSR count). The van der Waals surface area contributed by atoms with Crippen molar-refractivity contribution in [1.82, 2.24) is 5.43 Å². The van der Waals surface area contributed by atoms with Gasteiger partial charge in [-0.25, -0.2) is 0 Å². The molecule has 0 fully saturated rings. The molecule has 0 saturated carbocycles. The maximum atomic E-state index is 5.34. The Labute approximate surface area is 48.6 Å². The zero-order valence-electron chi connectivity index (χ0n) is 4.53. The topological polar surface area (TPSA) is 24.4 Å². The van der Waals surface area contributed by atoms with E-state index in [1.165, 1.54) is 0 Å². The molecular formula is C4H9ClN2. The minimum Gasteiger partial charge on any atom is -0.309 e. The van der Waals surface area contributed by atoms with Gasteiger partial charge in [0.1, 0.15) is 5.17 Å². The van der Waals surface area contributed by atoms with Gasteiger partial charge in [0.15, 0.2) is 0 Å². The maximum absolute atomic E-state index is 5.34. The molecule has 0 aliphatic carbocycles. The lowest BCUT2D eigenvalue weighted by Gasteiger charge is -1.89. The zero-order valence-corrected chi connectivity index (χ0v) is 5.29. The van der Waals surface area contributed by atoms with Crippen LogP contribution in [0, 0.1) is 0 Å². The van der Waals surface area contributed by atoms with Gasteiger partial charge in [0.05, 0.1) is 0 Å². The van der Waals surface area contributed by atoms with Crippen molar-refractivity contribution in [3.8, 4) is 0 Å². The third-order valence-corrected chi connectivity index (χ3v) is 0.476. The van der Waals surface area contributed by atoms with Crippen molar-refractivity contribution in [1.29, 1.82) is 0 Å². The molecule has 0 aromatic carbocycles. The quantitative estimate of drug-likeness (QED) is 0.429. The van der Waals surface area contributed by atoms with E-state index >= 15 is 0 Å². The van der Waals surface area contributed by atoms with E-state index < -0.39 is 0 Å². The summed E-state index contributed by atoms with van der Waals surface area (Å²) in [5, 5.41) is 4.22. The first kappa shape index (κ1) is 6.76. The number of hydrazone groups is 1. The Kier molecular flexibility index (Phi) is 3.80. The van der Waals surface area contributed by atoms with Crippen molar-refractivity contribution >= 4 is 16.8 Å². The van der Waals surface area contributed by atoms with Crippen LogP contribution in [0.3, 0.4) is 0 Å². The molecule has 7 heavy (non-hydrogen) atoms. The number of nitrogens with zero attached hydrogens (tertiary/aromatic N) is 1. The number of halogens is 1. The first-order chi connectivity index (χ1) is 3.27. The lowest BCUT2D eigenvalue weighted by atomic mass is 10.8. The monoisotopic (exact) mass is 120 g/mol. The summed E-state index contributed by atoms with van der Waals surface area (Å²) in [6, 6.07) is 0. The molecule has 2 nitrogen and oxygen atoms in total. The van der Waals surface area contributed by atoms with Gasteiger partial charge < -0.3 is 5.43 Å². The largest absolute Gasteiger partial charge is 0.309 e. The van der Waals surface area contributed by atoms with E-state index in [-0.39, 0.29) is 0 Å². The van der Waals surface area contributed by atoms with E-state index in [4.69, 9.17) is 11.6 Å². The van der Waals surface area contributed by atoms with Gasteiger partial charge in [0.25, 0.3) is 0 Å². The van der Waals surface area contributed by atoms with Crippen LogP contribution >= 0.6 is 11.6 Å². The second-order valence-corrected chi connectivity index (χ2v) is 1.67. The summed E-state index contributed by atoms with van der Waals surface area (Å²) < 4.78 is 0. The number of rotatable bonds is 2. The Morgan fingerprint density at radius 3 is 2.57 bits per heavy atom. The van der Waals surface area contributed by atoms with E-state index in [1.807, 2.05) is 6.92 Å². The van der Waals surface area contributed by atoms with E-state index in [0.29, 0.717) is 5.17 Å². The highest BCUT2D eigenvalue weighted by Crippen LogP contribution is 1.77. The highest BCUT2D eigenvalue weighted by atomic mass is 35.5. The fraction of sp³-hybridized carbons (Fsp3) is 0.750. The lowest BCUT2D eigenvalue weighted by Crippen LogP contribution is -2.03. The van der Waals surface area contributed by atoms with Crippen molar-refractivity contribution < 1.29 is 0 Å². The van der Waals surface area contributed by atoms with Gasteiger partial charge in [-0.3, -0.25) is 0 Å². The predicted octanol–water partition coefficient (Wildman–Crippen LogP) is 1.17. The summed E-state index contributed by atoms with van der Waals surface area (Å²) in [7, 11) is 0. The normalized spacial score (nSPS) is 11.6. The van der Waals surface area contributed by atoms with Crippen molar-refractivity contribution in [2.75, 3.05) is 6.54 Å². The van der Waals surface area contributed by atoms with Crippen LogP contribution in [0.2, 0.25) is 0 Å². The van der Waals surface area contributed by atoms with Crippen LogP contribution in [0.1, 0.15) is 13.8 Å². The Morgan fingerprint density at radius 1 is 1.86 bits per heavy atom. The minimum atomic E-state index is 0.543. The van der Waals surface area contributed by atoms with Gasteiger partial charge in [-0.2, -0.15) is 5.10 Å². The van der Waals surface area contributed by atoms with Gasteiger partial charge >= 0.3 is 0 Å². The average Bonchev–Trinajstić information content (AvgIpc) is 1.61. The van der Waals surface area contributed by atoms with Crippen LogP contribution in [0.15, 0.2) is 5.10 Å². The number of hydrogen-bond donors (Lipinski definition) is 1. The molecule has 3 heteroatoms. The van der Waals surface area contributed by atoms with Crippen LogP contribution in [0.25, 0.3) is 0 Å². The molecule has 0 heterocycles. The van der Waals surface area contributed by atoms with Gasteiger partial charge in [-0.15, -0.1) is 0 Å². The standard InChI is InChI=1S/C4H9ClN2/c1-3-6-7-4(2)5/h6H,3H2,1-2H3/b7-4+. The molecule has 0 saturated heterocycles. The van der Waals surface area contributed by atoms with Crippen molar-refractivity contribution in [2.45, 2.75) is 13.8 Å². The van der Waals surface area contributed by atoms with E-state index in [9.17, 15) is 0 Å². The Balaban J connectivity index is 3.08. The van der Waals surface area contributed by atoms with E-state index in [0.717, 1.165) is 6.54 Å². The van der Waals surface area contributed by atoms with E-state index in [1.54, 1.807) is 6.92 Å². The summed E-state index contributed by atoms with van der Waals surface area (Å²) >= 11 is 5.34. The summed E-state index contributed by atoms with van der Waals surface area (Å²) in [5.74, 6) is 0. The molecule has 0 aliphatic heterocycles.